The van der Waals surface area contributed by atoms with E-state index in [1.807, 2.05) is 6.92 Å². The fourth-order valence-corrected chi connectivity index (χ4v) is 3.62. The number of hydrogen-bond donors (Lipinski definition) is 4. The third kappa shape index (κ3) is 2.84. The molecule has 2 heterocycles. The van der Waals surface area contributed by atoms with E-state index in [-0.39, 0.29) is 34.1 Å². The summed E-state index contributed by atoms with van der Waals surface area (Å²) < 4.78 is 11.6. The van der Waals surface area contributed by atoms with Crippen molar-refractivity contribution in [1.29, 1.82) is 0 Å². The molecule has 0 fully saturated rings. The van der Waals surface area contributed by atoms with Crippen molar-refractivity contribution in [2.75, 3.05) is 6.61 Å². The summed E-state index contributed by atoms with van der Waals surface area (Å²) >= 11 is 0. The van der Waals surface area contributed by atoms with Crippen LogP contribution < -0.4 is 5.43 Å². The first kappa shape index (κ1) is 18.5. The maximum atomic E-state index is 12.9. The Morgan fingerprint density at radius 3 is 2.36 bits per heavy atom. The second kappa shape index (κ2) is 6.63. The predicted octanol–water partition coefficient (Wildman–Crippen LogP) is 2.41. The third-order valence-corrected chi connectivity index (χ3v) is 5.19. The fraction of sp³-hybridized carbons (Fsp3) is 0.286. The van der Waals surface area contributed by atoms with Crippen molar-refractivity contribution >= 4 is 21.9 Å². The van der Waals surface area contributed by atoms with Crippen LogP contribution >= 0.6 is 0 Å². The van der Waals surface area contributed by atoms with Crippen molar-refractivity contribution in [2.45, 2.75) is 32.2 Å². The summed E-state index contributed by atoms with van der Waals surface area (Å²) in [6, 6.07) is 5.64. The minimum Gasteiger partial charge on any atom is -0.504 e. The summed E-state index contributed by atoms with van der Waals surface area (Å²) in [5.74, 6) is -0.789. The summed E-state index contributed by atoms with van der Waals surface area (Å²) in [6.07, 6.45) is -0.556. The zero-order chi connectivity index (χ0) is 20.2. The number of aliphatic hydroxyl groups is 2. The molecular formula is C21H20O7. The quantitative estimate of drug-likeness (QED) is 0.304. The van der Waals surface area contributed by atoms with Crippen molar-refractivity contribution in [3.05, 3.63) is 57.3 Å². The van der Waals surface area contributed by atoms with Crippen LogP contribution in [0.1, 0.15) is 24.2 Å². The molecule has 1 aliphatic rings. The molecule has 2 aromatic carbocycles. The molecule has 4 N–H and O–H groups in total. The van der Waals surface area contributed by atoms with Gasteiger partial charge >= 0.3 is 0 Å². The van der Waals surface area contributed by atoms with Gasteiger partial charge in [0.2, 0.25) is 5.43 Å². The van der Waals surface area contributed by atoms with E-state index >= 15 is 0 Å². The first-order valence-electron chi connectivity index (χ1n) is 8.86. The second-order valence-electron chi connectivity index (χ2n) is 7.10. The van der Waals surface area contributed by atoms with Gasteiger partial charge in [-0.2, -0.15) is 0 Å². The summed E-state index contributed by atoms with van der Waals surface area (Å²) in [5, 5.41) is 39.8. The average Bonchev–Trinajstić information content (AvgIpc) is 2.64. The molecule has 3 aromatic rings. The number of aromatic hydroxyl groups is 2. The van der Waals surface area contributed by atoms with Crippen molar-refractivity contribution in [2.24, 2.45) is 0 Å². The second-order valence-corrected chi connectivity index (χ2v) is 7.10. The summed E-state index contributed by atoms with van der Waals surface area (Å²) in [5.41, 5.74) is 2.20. The van der Waals surface area contributed by atoms with Gasteiger partial charge in [0.15, 0.2) is 11.5 Å². The van der Waals surface area contributed by atoms with Gasteiger partial charge in [-0.1, -0.05) is 6.08 Å². The highest BCUT2D eigenvalue weighted by Gasteiger charge is 2.31. The summed E-state index contributed by atoms with van der Waals surface area (Å²) in [4.78, 5) is 12.9. The van der Waals surface area contributed by atoms with E-state index in [2.05, 4.69) is 0 Å². The molecule has 7 nitrogen and oxygen atoms in total. The molecular weight excluding hydrogens is 364 g/mol. The van der Waals surface area contributed by atoms with E-state index in [0.29, 0.717) is 11.1 Å². The summed E-state index contributed by atoms with van der Waals surface area (Å²) in [6.45, 7) is 3.37. The molecule has 3 atom stereocenters. The molecule has 0 amide bonds. The van der Waals surface area contributed by atoms with E-state index < -0.39 is 24.1 Å². The first-order valence-corrected chi connectivity index (χ1v) is 8.86. The number of ether oxygens (including phenoxy) is 1. The maximum absolute atomic E-state index is 12.9. The molecule has 7 heteroatoms. The first-order chi connectivity index (χ1) is 13.3. The lowest BCUT2D eigenvalue weighted by Crippen LogP contribution is -2.33. The van der Waals surface area contributed by atoms with Crippen LogP contribution in [0.3, 0.4) is 0 Å². The molecule has 28 heavy (non-hydrogen) atoms. The monoisotopic (exact) mass is 384 g/mol. The molecule has 0 saturated heterocycles. The average molecular weight is 384 g/mol. The lowest BCUT2D eigenvalue weighted by Gasteiger charge is -2.33. The highest BCUT2D eigenvalue weighted by molar-refractivity contribution is 5.92. The van der Waals surface area contributed by atoms with Crippen LogP contribution in [0.5, 0.6) is 11.5 Å². The normalized spacial score (nSPS) is 22.6. The van der Waals surface area contributed by atoms with Crippen LogP contribution in [0.2, 0.25) is 0 Å². The molecule has 0 radical (unpaired) electrons. The lowest BCUT2D eigenvalue weighted by molar-refractivity contribution is -0.0794. The Morgan fingerprint density at radius 1 is 1.00 bits per heavy atom. The zero-order valence-corrected chi connectivity index (χ0v) is 15.3. The number of phenols is 2. The number of aryl methyl sites for hydroxylation is 1. The van der Waals surface area contributed by atoms with Gasteiger partial charge < -0.3 is 29.6 Å². The Hall–Kier alpha value is -2.87. The Labute approximate surface area is 159 Å². The zero-order valence-electron chi connectivity index (χ0n) is 15.3. The van der Waals surface area contributed by atoms with Crippen LogP contribution in [0.4, 0.5) is 0 Å². The van der Waals surface area contributed by atoms with Crippen molar-refractivity contribution in [1.82, 2.24) is 0 Å². The SMILES string of the molecule is CC1=CC(O)C(c2cc3c(=O)c4cc(O)c(O)cc4oc3cc2C)OC1CO. The summed E-state index contributed by atoms with van der Waals surface area (Å²) in [7, 11) is 0. The number of hydrogen-bond acceptors (Lipinski definition) is 7. The van der Waals surface area contributed by atoms with Gasteiger partial charge in [0.05, 0.1) is 17.4 Å². The Bertz CT molecular complexity index is 1180. The van der Waals surface area contributed by atoms with Crippen molar-refractivity contribution < 1.29 is 29.6 Å². The van der Waals surface area contributed by atoms with Crippen LogP contribution in [0.15, 0.2) is 45.1 Å². The minimum absolute atomic E-state index is 0.131. The van der Waals surface area contributed by atoms with E-state index in [1.54, 1.807) is 25.1 Å². The van der Waals surface area contributed by atoms with Gasteiger partial charge in [-0.15, -0.1) is 0 Å². The molecule has 0 spiro atoms. The van der Waals surface area contributed by atoms with Crippen molar-refractivity contribution in [3.63, 3.8) is 0 Å². The molecule has 1 aliphatic heterocycles. The molecule has 4 rings (SSSR count). The van der Waals surface area contributed by atoms with Gasteiger partial charge in [-0.3, -0.25) is 4.79 Å². The number of rotatable bonds is 2. The van der Waals surface area contributed by atoms with Gasteiger partial charge in [-0.05, 0) is 48.7 Å². The van der Waals surface area contributed by atoms with Gasteiger partial charge in [0, 0.05) is 6.07 Å². The standard InChI is InChI=1S/C21H20O7/c1-9-4-17-12(20(26)13-6-14(23)15(24)7-18(13)27-17)5-11(9)21-16(25)3-10(2)19(8-22)28-21/h3-7,16,19,21-25H,8H2,1-2H3. The number of aliphatic hydroxyl groups excluding tert-OH is 2. The third-order valence-electron chi connectivity index (χ3n) is 5.19. The van der Waals surface area contributed by atoms with Crippen LogP contribution in [-0.2, 0) is 4.74 Å². The maximum Gasteiger partial charge on any atom is 0.200 e. The smallest absolute Gasteiger partial charge is 0.200 e. The molecule has 0 saturated carbocycles. The number of fused-ring (bicyclic) bond motifs is 2. The van der Waals surface area contributed by atoms with Crippen LogP contribution in [-0.4, -0.2) is 39.2 Å². The van der Waals surface area contributed by atoms with Crippen LogP contribution in [0.25, 0.3) is 21.9 Å². The fourth-order valence-electron chi connectivity index (χ4n) is 3.62. The topological polar surface area (TPSA) is 120 Å². The Morgan fingerprint density at radius 2 is 1.64 bits per heavy atom. The van der Waals surface area contributed by atoms with E-state index in [0.717, 1.165) is 17.2 Å². The highest BCUT2D eigenvalue weighted by Crippen LogP contribution is 2.35. The van der Waals surface area contributed by atoms with Gasteiger partial charge in [0.25, 0.3) is 0 Å². The van der Waals surface area contributed by atoms with Gasteiger partial charge in [-0.25, -0.2) is 0 Å². The van der Waals surface area contributed by atoms with E-state index in [9.17, 15) is 25.2 Å². The Kier molecular flexibility index (Phi) is 4.38. The molecule has 146 valence electrons. The lowest BCUT2D eigenvalue weighted by atomic mass is 9.93. The number of phenolic OH excluding ortho intramolecular Hbond substituents is 2. The molecule has 1 aromatic heterocycles. The predicted molar refractivity (Wildman–Crippen MR) is 103 cm³/mol. The number of benzene rings is 2. The minimum atomic E-state index is -0.924. The Balaban J connectivity index is 1.93. The molecule has 3 unspecified atom stereocenters. The largest absolute Gasteiger partial charge is 0.504 e. The van der Waals surface area contributed by atoms with Crippen LogP contribution in [0, 0.1) is 6.92 Å². The van der Waals surface area contributed by atoms with Crippen molar-refractivity contribution in [3.8, 4) is 11.5 Å². The highest BCUT2D eigenvalue weighted by atomic mass is 16.5. The van der Waals surface area contributed by atoms with E-state index in [4.69, 9.17) is 9.15 Å². The molecule has 0 bridgehead atoms. The molecule has 0 aliphatic carbocycles. The van der Waals surface area contributed by atoms with Gasteiger partial charge in [0.1, 0.15) is 29.5 Å². The van der Waals surface area contributed by atoms with E-state index in [1.165, 1.54) is 6.07 Å².